The SMILES string of the molecule is CON(C)C(=O)c1ccc2nc(C)ccc2c1. The van der Waals surface area contributed by atoms with Gasteiger partial charge in [0.15, 0.2) is 0 Å². The zero-order chi connectivity index (χ0) is 12.4. The van der Waals surface area contributed by atoms with E-state index in [1.807, 2.05) is 31.2 Å². The number of fused-ring (bicyclic) bond motifs is 1. The fourth-order valence-electron chi connectivity index (χ4n) is 1.63. The molecular weight excluding hydrogens is 216 g/mol. The van der Waals surface area contributed by atoms with Gasteiger partial charge < -0.3 is 0 Å². The van der Waals surface area contributed by atoms with Crippen molar-refractivity contribution in [1.29, 1.82) is 0 Å². The van der Waals surface area contributed by atoms with Crippen LogP contribution in [0.1, 0.15) is 16.1 Å². The summed E-state index contributed by atoms with van der Waals surface area (Å²) in [5.41, 5.74) is 2.44. The van der Waals surface area contributed by atoms with Crippen LogP contribution in [0.15, 0.2) is 30.3 Å². The van der Waals surface area contributed by atoms with Crippen LogP contribution in [0, 0.1) is 6.92 Å². The number of hydroxylamine groups is 2. The lowest BCUT2D eigenvalue weighted by Crippen LogP contribution is -2.25. The van der Waals surface area contributed by atoms with Gasteiger partial charge in [0.2, 0.25) is 0 Å². The molecule has 2 aromatic rings. The molecule has 0 unspecified atom stereocenters. The standard InChI is InChI=1S/C13H14N2O2/c1-9-4-5-10-8-11(6-7-12(10)14-9)13(16)15(2)17-3/h4-8H,1-3H3. The third-order valence-corrected chi connectivity index (χ3v) is 2.64. The molecule has 1 amide bonds. The number of carbonyl (C=O) groups excluding carboxylic acids is 1. The van der Waals surface area contributed by atoms with E-state index >= 15 is 0 Å². The van der Waals surface area contributed by atoms with E-state index in [0.717, 1.165) is 16.6 Å². The summed E-state index contributed by atoms with van der Waals surface area (Å²) in [5.74, 6) is -0.171. The Kier molecular flexibility index (Phi) is 3.06. The number of hydrogen-bond acceptors (Lipinski definition) is 3. The van der Waals surface area contributed by atoms with Gasteiger partial charge in [-0.1, -0.05) is 6.07 Å². The topological polar surface area (TPSA) is 42.4 Å². The Hall–Kier alpha value is -1.94. The number of hydrogen-bond donors (Lipinski definition) is 0. The summed E-state index contributed by atoms with van der Waals surface area (Å²) in [6, 6.07) is 9.31. The molecule has 2 rings (SSSR count). The van der Waals surface area contributed by atoms with E-state index in [2.05, 4.69) is 4.98 Å². The van der Waals surface area contributed by atoms with E-state index in [9.17, 15) is 4.79 Å². The lowest BCUT2D eigenvalue weighted by molar-refractivity contribution is -0.0756. The van der Waals surface area contributed by atoms with Crippen molar-refractivity contribution in [2.24, 2.45) is 0 Å². The molecule has 0 aliphatic rings. The van der Waals surface area contributed by atoms with Crippen molar-refractivity contribution in [1.82, 2.24) is 10.0 Å². The van der Waals surface area contributed by atoms with Crippen LogP contribution in [0.4, 0.5) is 0 Å². The molecule has 0 radical (unpaired) electrons. The molecule has 17 heavy (non-hydrogen) atoms. The van der Waals surface area contributed by atoms with Crippen molar-refractivity contribution in [3.63, 3.8) is 0 Å². The summed E-state index contributed by atoms with van der Waals surface area (Å²) in [4.78, 5) is 21.1. The molecule has 0 saturated carbocycles. The lowest BCUT2D eigenvalue weighted by atomic mass is 10.1. The summed E-state index contributed by atoms with van der Waals surface area (Å²) in [7, 11) is 3.05. The average molecular weight is 230 g/mol. The molecule has 0 bridgehead atoms. The molecule has 0 aliphatic heterocycles. The van der Waals surface area contributed by atoms with Gasteiger partial charge in [-0.05, 0) is 31.2 Å². The normalized spacial score (nSPS) is 10.5. The molecule has 0 N–H and O–H groups in total. The first kappa shape index (κ1) is 11.5. The Labute approximate surface area is 99.8 Å². The highest BCUT2D eigenvalue weighted by Crippen LogP contribution is 2.15. The number of amides is 1. The molecule has 0 aliphatic carbocycles. The summed E-state index contributed by atoms with van der Waals surface area (Å²) >= 11 is 0. The van der Waals surface area contributed by atoms with Crippen LogP contribution < -0.4 is 0 Å². The zero-order valence-corrected chi connectivity index (χ0v) is 10.1. The Balaban J connectivity index is 2.45. The van der Waals surface area contributed by atoms with Gasteiger partial charge in [-0.15, -0.1) is 0 Å². The van der Waals surface area contributed by atoms with Gasteiger partial charge in [0.05, 0.1) is 12.6 Å². The maximum absolute atomic E-state index is 11.9. The van der Waals surface area contributed by atoms with Gasteiger partial charge in [-0.2, -0.15) is 0 Å². The third kappa shape index (κ3) is 2.26. The highest BCUT2D eigenvalue weighted by atomic mass is 16.7. The minimum Gasteiger partial charge on any atom is -0.274 e. The molecule has 0 fully saturated rings. The van der Waals surface area contributed by atoms with Gasteiger partial charge in [0, 0.05) is 23.7 Å². The minimum absolute atomic E-state index is 0.171. The Morgan fingerprint density at radius 3 is 2.76 bits per heavy atom. The molecule has 0 atom stereocenters. The molecule has 1 aromatic heterocycles. The number of benzene rings is 1. The first-order valence-corrected chi connectivity index (χ1v) is 5.31. The first-order valence-electron chi connectivity index (χ1n) is 5.31. The van der Waals surface area contributed by atoms with E-state index in [-0.39, 0.29) is 5.91 Å². The molecular formula is C13H14N2O2. The summed E-state index contributed by atoms with van der Waals surface area (Å²) < 4.78 is 0. The van der Waals surface area contributed by atoms with Crippen molar-refractivity contribution in [2.75, 3.05) is 14.2 Å². The van der Waals surface area contributed by atoms with Gasteiger partial charge in [-0.3, -0.25) is 14.6 Å². The van der Waals surface area contributed by atoms with Gasteiger partial charge in [0.25, 0.3) is 5.91 Å². The molecule has 1 aromatic carbocycles. The second kappa shape index (κ2) is 4.51. The lowest BCUT2D eigenvalue weighted by Gasteiger charge is -2.13. The average Bonchev–Trinajstić information content (AvgIpc) is 2.36. The van der Waals surface area contributed by atoms with Crippen molar-refractivity contribution < 1.29 is 9.63 Å². The third-order valence-electron chi connectivity index (χ3n) is 2.64. The van der Waals surface area contributed by atoms with Crippen LogP contribution in [-0.2, 0) is 4.84 Å². The van der Waals surface area contributed by atoms with E-state index < -0.39 is 0 Å². The highest BCUT2D eigenvalue weighted by molar-refractivity contribution is 5.97. The minimum atomic E-state index is -0.171. The van der Waals surface area contributed by atoms with Crippen molar-refractivity contribution >= 4 is 16.8 Å². The number of pyridine rings is 1. The number of aryl methyl sites for hydroxylation is 1. The fourth-order valence-corrected chi connectivity index (χ4v) is 1.63. The maximum Gasteiger partial charge on any atom is 0.277 e. The fraction of sp³-hybridized carbons (Fsp3) is 0.231. The van der Waals surface area contributed by atoms with E-state index in [1.54, 1.807) is 13.1 Å². The van der Waals surface area contributed by atoms with Crippen molar-refractivity contribution in [3.05, 3.63) is 41.6 Å². The predicted molar refractivity (Wildman–Crippen MR) is 65.6 cm³/mol. The quantitative estimate of drug-likeness (QED) is 0.742. The number of rotatable bonds is 2. The summed E-state index contributed by atoms with van der Waals surface area (Å²) in [6.45, 7) is 1.94. The highest BCUT2D eigenvalue weighted by Gasteiger charge is 2.11. The molecule has 4 nitrogen and oxygen atoms in total. The van der Waals surface area contributed by atoms with E-state index in [0.29, 0.717) is 5.56 Å². The first-order chi connectivity index (χ1) is 8.11. The second-order valence-corrected chi connectivity index (χ2v) is 3.85. The van der Waals surface area contributed by atoms with Gasteiger partial charge in [-0.25, -0.2) is 5.06 Å². The van der Waals surface area contributed by atoms with Gasteiger partial charge >= 0.3 is 0 Å². The van der Waals surface area contributed by atoms with Crippen LogP contribution in [0.25, 0.3) is 10.9 Å². The number of aromatic nitrogens is 1. The molecule has 88 valence electrons. The van der Waals surface area contributed by atoms with Crippen LogP contribution >= 0.6 is 0 Å². The Morgan fingerprint density at radius 2 is 2.06 bits per heavy atom. The molecule has 0 saturated heterocycles. The number of nitrogens with zero attached hydrogens (tertiary/aromatic N) is 2. The molecule has 4 heteroatoms. The van der Waals surface area contributed by atoms with Crippen LogP contribution in [0.5, 0.6) is 0 Å². The van der Waals surface area contributed by atoms with Crippen LogP contribution in [-0.4, -0.2) is 30.1 Å². The van der Waals surface area contributed by atoms with Gasteiger partial charge in [0.1, 0.15) is 0 Å². The summed E-state index contributed by atoms with van der Waals surface area (Å²) in [6.07, 6.45) is 0. The van der Waals surface area contributed by atoms with Crippen molar-refractivity contribution in [2.45, 2.75) is 6.92 Å². The smallest absolute Gasteiger partial charge is 0.274 e. The second-order valence-electron chi connectivity index (χ2n) is 3.85. The van der Waals surface area contributed by atoms with E-state index in [4.69, 9.17) is 4.84 Å². The molecule has 0 spiro atoms. The monoisotopic (exact) mass is 230 g/mol. The van der Waals surface area contributed by atoms with Crippen LogP contribution in [0.3, 0.4) is 0 Å². The maximum atomic E-state index is 11.9. The molecule has 1 heterocycles. The number of carbonyl (C=O) groups is 1. The van der Waals surface area contributed by atoms with Crippen LogP contribution in [0.2, 0.25) is 0 Å². The largest absolute Gasteiger partial charge is 0.277 e. The predicted octanol–water partition coefficient (Wildman–Crippen LogP) is 2.18. The van der Waals surface area contributed by atoms with Crippen molar-refractivity contribution in [3.8, 4) is 0 Å². The Morgan fingerprint density at radius 1 is 1.29 bits per heavy atom. The Bertz CT molecular complexity index is 566. The zero-order valence-electron chi connectivity index (χ0n) is 10.1. The summed E-state index contributed by atoms with van der Waals surface area (Å²) in [5, 5.41) is 2.15. The van der Waals surface area contributed by atoms with E-state index in [1.165, 1.54) is 12.2 Å².